The molecule has 0 saturated carbocycles. The van der Waals surface area contributed by atoms with Crippen molar-refractivity contribution in [3.63, 3.8) is 0 Å². The maximum atomic E-state index is 12.5. The number of unbranched alkanes of at least 4 members (excludes halogenated alkanes) is 1. The number of carbonyl (C=O) groups excluding carboxylic acids is 2. The van der Waals surface area contributed by atoms with Crippen LogP contribution >= 0.6 is 0 Å². The average Bonchev–Trinajstić information content (AvgIpc) is 2.29. The van der Waals surface area contributed by atoms with Gasteiger partial charge >= 0.3 is 0 Å². The molecule has 1 heterocycles. The second-order valence-electron chi connectivity index (χ2n) is 6.00. The van der Waals surface area contributed by atoms with E-state index in [1.807, 2.05) is 13.8 Å². The van der Waals surface area contributed by atoms with Crippen molar-refractivity contribution in [3.8, 4) is 0 Å². The lowest BCUT2D eigenvalue weighted by Gasteiger charge is -2.44. The molecule has 2 amide bonds. The molecule has 0 aromatic heterocycles. The van der Waals surface area contributed by atoms with E-state index < -0.39 is 5.54 Å². The Kier molecular flexibility index (Phi) is 5.35. The Morgan fingerprint density at radius 3 is 2.47 bits per heavy atom. The lowest BCUT2D eigenvalue weighted by molar-refractivity contribution is -0.155. The minimum atomic E-state index is -0.802. The van der Waals surface area contributed by atoms with Gasteiger partial charge in [0.25, 0.3) is 0 Å². The van der Waals surface area contributed by atoms with E-state index in [4.69, 9.17) is 4.74 Å². The number of hydrogen-bond donors (Lipinski definition) is 1. The fourth-order valence-corrected chi connectivity index (χ4v) is 2.49. The quantitative estimate of drug-likeness (QED) is 0.737. The van der Waals surface area contributed by atoms with Crippen LogP contribution in [-0.4, -0.2) is 48.6 Å². The predicted molar refractivity (Wildman–Crippen MR) is 73.7 cm³/mol. The summed E-state index contributed by atoms with van der Waals surface area (Å²) in [4.78, 5) is 26.4. The maximum Gasteiger partial charge on any atom is 0.248 e. The summed E-state index contributed by atoms with van der Waals surface area (Å²) >= 11 is 0. The molecule has 1 unspecified atom stereocenters. The molecule has 5 heteroatoms. The Bertz CT molecular complexity index is 340. The molecule has 5 nitrogen and oxygen atoms in total. The first-order valence-electron chi connectivity index (χ1n) is 6.93. The SMILES string of the molecule is COCCCCN1C(=O)C(C)(C)NC(=O)C1C(C)C. The summed E-state index contributed by atoms with van der Waals surface area (Å²) in [5.41, 5.74) is -0.802. The molecular formula is C14H26N2O3. The lowest BCUT2D eigenvalue weighted by Crippen LogP contribution is -2.69. The van der Waals surface area contributed by atoms with E-state index in [1.165, 1.54) is 0 Å². The Hall–Kier alpha value is -1.10. The zero-order valence-electron chi connectivity index (χ0n) is 12.7. The van der Waals surface area contributed by atoms with Crippen LogP contribution in [0.3, 0.4) is 0 Å². The number of nitrogens with zero attached hydrogens (tertiary/aromatic N) is 1. The Balaban J connectivity index is 2.78. The summed E-state index contributed by atoms with van der Waals surface area (Å²) in [5, 5.41) is 2.81. The summed E-state index contributed by atoms with van der Waals surface area (Å²) in [6.07, 6.45) is 1.75. The second kappa shape index (κ2) is 6.37. The van der Waals surface area contributed by atoms with Gasteiger partial charge in [0.2, 0.25) is 11.8 Å². The Morgan fingerprint density at radius 2 is 1.95 bits per heavy atom. The molecule has 1 atom stereocenters. The molecule has 0 aliphatic carbocycles. The van der Waals surface area contributed by atoms with Crippen LogP contribution in [0.1, 0.15) is 40.5 Å². The van der Waals surface area contributed by atoms with Crippen LogP contribution in [0.2, 0.25) is 0 Å². The van der Waals surface area contributed by atoms with Crippen LogP contribution in [-0.2, 0) is 14.3 Å². The first kappa shape index (κ1) is 16.0. The molecule has 0 aromatic carbocycles. The van der Waals surface area contributed by atoms with Crippen molar-refractivity contribution in [2.24, 2.45) is 5.92 Å². The van der Waals surface area contributed by atoms with Crippen LogP contribution < -0.4 is 5.32 Å². The highest BCUT2D eigenvalue weighted by Crippen LogP contribution is 2.23. The van der Waals surface area contributed by atoms with E-state index in [0.29, 0.717) is 13.2 Å². The van der Waals surface area contributed by atoms with Gasteiger partial charge in [-0.15, -0.1) is 0 Å². The van der Waals surface area contributed by atoms with Crippen molar-refractivity contribution in [3.05, 3.63) is 0 Å². The largest absolute Gasteiger partial charge is 0.385 e. The number of ether oxygens (including phenoxy) is 1. The number of carbonyl (C=O) groups is 2. The van der Waals surface area contributed by atoms with E-state index in [2.05, 4.69) is 5.32 Å². The standard InChI is InChI=1S/C14H26N2O3/c1-10(2)11-12(17)15-14(3,4)13(18)16(11)8-6-7-9-19-5/h10-11H,6-9H2,1-5H3,(H,15,17). The van der Waals surface area contributed by atoms with Gasteiger partial charge < -0.3 is 15.0 Å². The van der Waals surface area contributed by atoms with E-state index in [9.17, 15) is 9.59 Å². The molecule has 0 bridgehead atoms. The highest BCUT2D eigenvalue weighted by atomic mass is 16.5. The number of piperazine rings is 1. The topological polar surface area (TPSA) is 58.6 Å². The monoisotopic (exact) mass is 270 g/mol. The number of methoxy groups -OCH3 is 1. The molecule has 1 aliphatic heterocycles. The molecular weight excluding hydrogens is 244 g/mol. The average molecular weight is 270 g/mol. The molecule has 1 rings (SSSR count). The third-order valence-electron chi connectivity index (χ3n) is 3.46. The molecule has 1 N–H and O–H groups in total. The van der Waals surface area contributed by atoms with Gasteiger partial charge in [-0.3, -0.25) is 9.59 Å². The van der Waals surface area contributed by atoms with E-state index in [1.54, 1.807) is 25.9 Å². The highest BCUT2D eigenvalue weighted by Gasteiger charge is 2.45. The van der Waals surface area contributed by atoms with Gasteiger partial charge in [-0.05, 0) is 32.6 Å². The minimum Gasteiger partial charge on any atom is -0.385 e. The number of hydrogen-bond acceptors (Lipinski definition) is 3. The van der Waals surface area contributed by atoms with Gasteiger partial charge in [-0.25, -0.2) is 0 Å². The number of nitrogens with one attached hydrogen (secondary N) is 1. The molecule has 0 radical (unpaired) electrons. The Labute approximate surface area is 115 Å². The minimum absolute atomic E-state index is 0.00298. The van der Waals surface area contributed by atoms with Gasteiger partial charge in [-0.1, -0.05) is 13.8 Å². The third kappa shape index (κ3) is 3.69. The van der Waals surface area contributed by atoms with Crippen molar-refractivity contribution >= 4 is 11.8 Å². The van der Waals surface area contributed by atoms with Crippen LogP contribution in [0.15, 0.2) is 0 Å². The van der Waals surface area contributed by atoms with E-state index in [-0.39, 0.29) is 23.8 Å². The van der Waals surface area contributed by atoms with Crippen molar-refractivity contribution in [1.29, 1.82) is 0 Å². The van der Waals surface area contributed by atoms with Gasteiger partial charge in [0.05, 0.1) is 0 Å². The maximum absolute atomic E-state index is 12.5. The van der Waals surface area contributed by atoms with Gasteiger partial charge in [0, 0.05) is 20.3 Å². The van der Waals surface area contributed by atoms with Crippen LogP contribution in [0.4, 0.5) is 0 Å². The third-order valence-corrected chi connectivity index (χ3v) is 3.46. The van der Waals surface area contributed by atoms with Crippen molar-refractivity contribution < 1.29 is 14.3 Å². The molecule has 0 aromatic rings. The fourth-order valence-electron chi connectivity index (χ4n) is 2.49. The lowest BCUT2D eigenvalue weighted by atomic mass is 9.91. The molecule has 1 aliphatic rings. The van der Waals surface area contributed by atoms with Gasteiger partial charge in [0.1, 0.15) is 11.6 Å². The Morgan fingerprint density at radius 1 is 1.32 bits per heavy atom. The normalized spacial score (nSPS) is 22.8. The van der Waals surface area contributed by atoms with Crippen molar-refractivity contribution in [1.82, 2.24) is 10.2 Å². The van der Waals surface area contributed by atoms with Crippen LogP contribution in [0, 0.1) is 5.92 Å². The summed E-state index contributed by atoms with van der Waals surface area (Å²) in [7, 11) is 1.67. The van der Waals surface area contributed by atoms with Crippen LogP contribution in [0.25, 0.3) is 0 Å². The van der Waals surface area contributed by atoms with Crippen molar-refractivity contribution in [2.75, 3.05) is 20.3 Å². The molecule has 1 fully saturated rings. The molecule has 19 heavy (non-hydrogen) atoms. The van der Waals surface area contributed by atoms with E-state index >= 15 is 0 Å². The number of amides is 2. The first-order chi connectivity index (χ1) is 8.81. The molecule has 1 saturated heterocycles. The molecule has 0 spiro atoms. The summed E-state index contributed by atoms with van der Waals surface area (Å²) in [6.45, 7) is 8.75. The van der Waals surface area contributed by atoms with Gasteiger partial charge in [-0.2, -0.15) is 0 Å². The van der Waals surface area contributed by atoms with Gasteiger partial charge in [0.15, 0.2) is 0 Å². The zero-order valence-corrected chi connectivity index (χ0v) is 12.7. The number of rotatable bonds is 6. The fraction of sp³-hybridized carbons (Fsp3) is 0.857. The van der Waals surface area contributed by atoms with E-state index in [0.717, 1.165) is 12.8 Å². The highest BCUT2D eigenvalue weighted by molar-refractivity contribution is 5.99. The summed E-state index contributed by atoms with van der Waals surface area (Å²) < 4.78 is 5.01. The van der Waals surface area contributed by atoms with Crippen LogP contribution in [0.5, 0.6) is 0 Å². The van der Waals surface area contributed by atoms with Crippen molar-refractivity contribution in [2.45, 2.75) is 52.1 Å². The summed E-state index contributed by atoms with van der Waals surface area (Å²) in [6, 6.07) is -0.358. The predicted octanol–water partition coefficient (Wildman–Crippen LogP) is 1.17. The zero-order chi connectivity index (χ0) is 14.6. The smallest absolute Gasteiger partial charge is 0.248 e. The second-order valence-corrected chi connectivity index (χ2v) is 6.00. The first-order valence-corrected chi connectivity index (χ1v) is 6.93. The summed E-state index contributed by atoms with van der Waals surface area (Å²) in [5.74, 6) is 0.0667. The molecule has 110 valence electrons.